The Morgan fingerprint density at radius 2 is 2.15 bits per heavy atom. The number of rotatable bonds is 2. The lowest BCUT2D eigenvalue weighted by molar-refractivity contribution is 0.140. The van der Waals surface area contributed by atoms with E-state index in [1.54, 1.807) is 0 Å². The second-order valence-corrected chi connectivity index (χ2v) is 3.31. The number of halogens is 2. The molecule has 0 radical (unpaired) electrons. The van der Waals surface area contributed by atoms with Gasteiger partial charge in [0, 0.05) is 11.8 Å². The first-order valence-electron chi connectivity index (χ1n) is 4.09. The number of hydrogen-bond acceptors (Lipinski definition) is 2. The highest BCUT2D eigenvalue weighted by molar-refractivity contribution is 5.25. The molecule has 0 atom stereocenters. The van der Waals surface area contributed by atoms with E-state index in [2.05, 4.69) is 4.98 Å². The molecular weight excluding hydrogens is 176 g/mol. The smallest absolute Gasteiger partial charge is 0.263 e. The highest BCUT2D eigenvalue weighted by Gasteiger charge is 2.43. The van der Waals surface area contributed by atoms with Crippen molar-refractivity contribution in [3.8, 4) is 0 Å². The quantitative estimate of drug-likeness (QED) is 0.764. The first kappa shape index (κ1) is 8.56. The molecule has 0 aromatic carbocycles. The van der Waals surface area contributed by atoms with Gasteiger partial charge in [0.25, 0.3) is 6.43 Å². The fourth-order valence-corrected chi connectivity index (χ4v) is 1.21. The average Bonchev–Trinajstić information content (AvgIpc) is 2.85. The van der Waals surface area contributed by atoms with Crippen LogP contribution in [-0.4, -0.2) is 10.1 Å². The maximum Gasteiger partial charge on any atom is 0.263 e. The normalized spacial score (nSPS) is 19.1. The van der Waals surface area contributed by atoms with Gasteiger partial charge in [-0.15, -0.1) is 0 Å². The first-order chi connectivity index (χ1) is 6.12. The second kappa shape index (κ2) is 2.73. The number of hydrogen-bond donors (Lipinski definition) is 1. The summed E-state index contributed by atoms with van der Waals surface area (Å²) in [7, 11) is 0. The molecular formula is C9H9F2NO. The zero-order chi connectivity index (χ0) is 9.47. The molecule has 1 fully saturated rings. The third-order valence-corrected chi connectivity index (χ3v) is 2.24. The molecule has 2 rings (SSSR count). The van der Waals surface area contributed by atoms with Gasteiger partial charge in [-0.3, -0.25) is 4.98 Å². The van der Waals surface area contributed by atoms with Crippen molar-refractivity contribution in [2.24, 2.45) is 0 Å². The van der Waals surface area contributed by atoms with Crippen LogP contribution in [0, 0.1) is 0 Å². The van der Waals surface area contributed by atoms with Gasteiger partial charge in [-0.05, 0) is 25.0 Å². The fraction of sp³-hybridized carbons (Fsp3) is 0.444. The average molecular weight is 185 g/mol. The number of aromatic nitrogens is 1. The van der Waals surface area contributed by atoms with Crippen molar-refractivity contribution in [3.05, 3.63) is 29.6 Å². The van der Waals surface area contributed by atoms with Gasteiger partial charge in [-0.25, -0.2) is 8.78 Å². The number of nitrogens with zero attached hydrogens (tertiary/aromatic N) is 1. The van der Waals surface area contributed by atoms with E-state index in [9.17, 15) is 13.9 Å². The SMILES string of the molecule is OC1(c2cc(C(F)F)ccn2)CC1. The van der Waals surface area contributed by atoms with Crippen molar-refractivity contribution >= 4 is 0 Å². The van der Waals surface area contributed by atoms with Crippen LogP contribution >= 0.6 is 0 Å². The Labute approximate surface area is 74.2 Å². The first-order valence-corrected chi connectivity index (χ1v) is 4.09. The van der Waals surface area contributed by atoms with E-state index in [1.807, 2.05) is 0 Å². The molecule has 1 N–H and O–H groups in total. The van der Waals surface area contributed by atoms with E-state index in [0.717, 1.165) is 0 Å². The molecule has 1 aromatic rings. The third-order valence-electron chi connectivity index (χ3n) is 2.24. The van der Waals surface area contributed by atoms with Crippen molar-refractivity contribution in [1.29, 1.82) is 0 Å². The van der Waals surface area contributed by atoms with Gasteiger partial charge in [0.15, 0.2) is 0 Å². The number of aliphatic hydroxyl groups is 1. The Bertz CT molecular complexity index is 323. The summed E-state index contributed by atoms with van der Waals surface area (Å²) in [5, 5.41) is 9.60. The molecule has 4 heteroatoms. The molecule has 0 unspecified atom stereocenters. The Hall–Kier alpha value is -1.03. The van der Waals surface area contributed by atoms with Crippen LogP contribution in [-0.2, 0) is 5.60 Å². The minimum Gasteiger partial charge on any atom is -0.384 e. The Balaban J connectivity index is 2.33. The summed E-state index contributed by atoms with van der Waals surface area (Å²) < 4.78 is 24.5. The zero-order valence-corrected chi connectivity index (χ0v) is 6.87. The van der Waals surface area contributed by atoms with E-state index in [1.165, 1.54) is 18.3 Å². The van der Waals surface area contributed by atoms with Gasteiger partial charge in [0.2, 0.25) is 0 Å². The highest BCUT2D eigenvalue weighted by atomic mass is 19.3. The van der Waals surface area contributed by atoms with Gasteiger partial charge in [-0.2, -0.15) is 0 Å². The molecule has 1 aliphatic carbocycles. The van der Waals surface area contributed by atoms with E-state index < -0.39 is 12.0 Å². The standard InChI is InChI=1S/C9H9F2NO/c10-8(11)6-1-4-12-7(5-6)9(13)2-3-9/h1,4-5,8,13H,2-3H2. The maximum atomic E-state index is 12.2. The van der Waals surface area contributed by atoms with Gasteiger partial charge in [0.1, 0.15) is 5.60 Å². The van der Waals surface area contributed by atoms with E-state index in [-0.39, 0.29) is 5.56 Å². The minimum atomic E-state index is -2.50. The van der Waals surface area contributed by atoms with Crippen molar-refractivity contribution in [2.45, 2.75) is 24.9 Å². The number of pyridine rings is 1. The molecule has 70 valence electrons. The van der Waals surface area contributed by atoms with Crippen LogP contribution in [0.3, 0.4) is 0 Å². The van der Waals surface area contributed by atoms with Crippen LogP contribution in [0.5, 0.6) is 0 Å². The Morgan fingerprint density at radius 3 is 2.69 bits per heavy atom. The molecule has 1 heterocycles. The maximum absolute atomic E-state index is 12.2. The summed E-state index contributed by atoms with van der Waals surface area (Å²) >= 11 is 0. The molecule has 0 bridgehead atoms. The van der Waals surface area contributed by atoms with Crippen molar-refractivity contribution in [1.82, 2.24) is 4.98 Å². The summed E-state index contributed by atoms with van der Waals surface area (Å²) in [4.78, 5) is 3.87. The molecule has 0 saturated heterocycles. The molecule has 2 nitrogen and oxygen atoms in total. The van der Waals surface area contributed by atoms with Gasteiger partial charge in [-0.1, -0.05) is 0 Å². The molecule has 1 aromatic heterocycles. The van der Waals surface area contributed by atoms with Crippen LogP contribution in [0.1, 0.15) is 30.5 Å². The molecule has 1 aliphatic rings. The summed E-state index contributed by atoms with van der Waals surface area (Å²) in [5.74, 6) is 0. The molecule has 1 saturated carbocycles. The molecule has 0 spiro atoms. The van der Waals surface area contributed by atoms with E-state index >= 15 is 0 Å². The second-order valence-electron chi connectivity index (χ2n) is 3.31. The summed E-state index contributed by atoms with van der Waals surface area (Å²) in [6.45, 7) is 0. The summed E-state index contributed by atoms with van der Waals surface area (Å²) in [6, 6.07) is 2.54. The summed E-state index contributed by atoms with van der Waals surface area (Å²) in [5.41, 5.74) is -0.638. The Kier molecular flexibility index (Phi) is 1.80. The predicted octanol–water partition coefficient (Wildman–Crippen LogP) is 2.00. The molecule has 0 amide bonds. The topological polar surface area (TPSA) is 33.1 Å². The van der Waals surface area contributed by atoms with Gasteiger partial charge < -0.3 is 5.11 Å². The monoisotopic (exact) mass is 185 g/mol. The van der Waals surface area contributed by atoms with Crippen LogP contribution in [0.2, 0.25) is 0 Å². The van der Waals surface area contributed by atoms with Crippen LogP contribution in [0.25, 0.3) is 0 Å². The fourth-order valence-electron chi connectivity index (χ4n) is 1.21. The zero-order valence-electron chi connectivity index (χ0n) is 6.87. The van der Waals surface area contributed by atoms with Crippen LogP contribution < -0.4 is 0 Å². The van der Waals surface area contributed by atoms with Crippen molar-refractivity contribution < 1.29 is 13.9 Å². The third kappa shape index (κ3) is 1.54. The van der Waals surface area contributed by atoms with E-state index in [4.69, 9.17) is 0 Å². The lowest BCUT2D eigenvalue weighted by Gasteiger charge is -2.07. The minimum absolute atomic E-state index is 0.0784. The van der Waals surface area contributed by atoms with Crippen molar-refractivity contribution in [3.63, 3.8) is 0 Å². The van der Waals surface area contributed by atoms with E-state index in [0.29, 0.717) is 18.5 Å². The largest absolute Gasteiger partial charge is 0.384 e. The molecule has 13 heavy (non-hydrogen) atoms. The lowest BCUT2D eigenvalue weighted by atomic mass is 10.1. The lowest BCUT2D eigenvalue weighted by Crippen LogP contribution is -2.07. The van der Waals surface area contributed by atoms with Gasteiger partial charge in [0.05, 0.1) is 5.69 Å². The predicted molar refractivity (Wildman–Crippen MR) is 42.3 cm³/mol. The summed E-state index contributed by atoms with van der Waals surface area (Å²) in [6.07, 6.45) is 0.0519. The highest BCUT2D eigenvalue weighted by Crippen LogP contribution is 2.44. The van der Waals surface area contributed by atoms with Crippen LogP contribution in [0.4, 0.5) is 8.78 Å². The van der Waals surface area contributed by atoms with Crippen molar-refractivity contribution in [2.75, 3.05) is 0 Å². The molecule has 0 aliphatic heterocycles. The van der Waals surface area contributed by atoms with Crippen LogP contribution in [0.15, 0.2) is 18.3 Å². The number of alkyl halides is 2. The Morgan fingerprint density at radius 1 is 1.46 bits per heavy atom. The van der Waals surface area contributed by atoms with Gasteiger partial charge >= 0.3 is 0 Å².